The number of hydrogen-bond acceptors (Lipinski definition) is 4. The normalized spacial score (nSPS) is 39.2. The fourth-order valence-corrected chi connectivity index (χ4v) is 3.45. The largest absolute Gasteiger partial charge is 0.468 e. The Balaban J connectivity index is 2.04. The van der Waals surface area contributed by atoms with Crippen molar-refractivity contribution in [2.24, 2.45) is 5.73 Å². The van der Waals surface area contributed by atoms with Crippen LogP contribution in [0.4, 0.5) is 0 Å². The van der Waals surface area contributed by atoms with Gasteiger partial charge in [0.2, 0.25) is 0 Å². The van der Waals surface area contributed by atoms with E-state index in [9.17, 15) is 4.79 Å². The number of carbonyl (C=O) groups is 1. The van der Waals surface area contributed by atoms with Crippen LogP contribution >= 0.6 is 0 Å². The minimum absolute atomic E-state index is 0.242. The number of rotatable bonds is 2. The number of methoxy groups -OCH3 is 1. The molecule has 4 heteroatoms. The van der Waals surface area contributed by atoms with Crippen LogP contribution < -0.4 is 5.73 Å². The molecule has 98 valence electrons. The molecular weight excluding hydrogens is 216 g/mol. The van der Waals surface area contributed by atoms with Crippen molar-refractivity contribution in [3.63, 3.8) is 0 Å². The standard InChI is InChI=1S/C13H24N2O2/c1-10-5-4-8-15(10)11-6-3-7-13(14,9-11)12(16)17-2/h10-11H,3-9,14H2,1-2H3. The van der Waals surface area contributed by atoms with Gasteiger partial charge in [0, 0.05) is 12.1 Å². The molecule has 3 unspecified atom stereocenters. The fourth-order valence-electron chi connectivity index (χ4n) is 3.45. The second kappa shape index (κ2) is 4.94. The molecule has 0 amide bonds. The molecule has 0 aromatic heterocycles. The van der Waals surface area contributed by atoms with Gasteiger partial charge in [-0.1, -0.05) is 0 Å². The minimum atomic E-state index is -0.750. The minimum Gasteiger partial charge on any atom is -0.468 e. The van der Waals surface area contributed by atoms with Crippen molar-refractivity contribution in [3.05, 3.63) is 0 Å². The lowest BCUT2D eigenvalue weighted by Gasteiger charge is -2.41. The third-order valence-electron chi connectivity index (χ3n) is 4.43. The molecule has 2 N–H and O–H groups in total. The van der Waals surface area contributed by atoms with Gasteiger partial charge in [0.05, 0.1) is 7.11 Å². The maximum absolute atomic E-state index is 11.8. The molecule has 1 aliphatic carbocycles. The van der Waals surface area contributed by atoms with Crippen LogP contribution in [0.25, 0.3) is 0 Å². The van der Waals surface area contributed by atoms with Gasteiger partial charge < -0.3 is 10.5 Å². The maximum atomic E-state index is 11.8. The number of nitrogens with two attached hydrogens (primary N) is 1. The van der Waals surface area contributed by atoms with Gasteiger partial charge in [-0.2, -0.15) is 0 Å². The molecule has 2 fully saturated rings. The Morgan fingerprint density at radius 3 is 2.76 bits per heavy atom. The molecule has 1 heterocycles. The zero-order chi connectivity index (χ0) is 12.5. The average Bonchev–Trinajstić information content (AvgIpc) is 2.74. The highest BCUT2D eigenvalue weighted by Gasteiger charge is 2.43. The van der Waals surface area contributed by atoms with Crippen LogP contribution in [-0.2, 0) is 9.53 Å². The summed E-state index contributed by atoms with van der Waals surface area (Å²) in [6.07, 6.45) is 6.25. The van der Waals surface area contributed by atoms with Crippen LogP contribution in [0, 0.1) is 0 Å². The van der Waals surface area contributed by atoms with E-state index in [1.54, 1.807) is 0 Å². The summed E-state index contributed by atoms with van der Waals surface area (Å²) in [4.78, 5) is 14.3. The summed E-state index contributed by atoms with van der Waals surface area (Å²) >= 11 is 0. The molecular formula is C13H24N2O2. The number of hydrogen-bond donors (Lipinski definition) is 1. The van der Waals surface area contributed by atoms with Gasteiger partial charge in [-0.05, 0) is 52.0 Å². The first-order valence-corrected chi connectivity index (χ1v) is 6.70. The molecule has 1 saturated heterocycles. The Labute approximate surface area is 103 Å². The summed E-state index contributed by atoms with van der Waals surface area (Å²) in [6, 6.07) is 1.10. The quantitative estimate of drug-likeness (QED) is 0.739. The highest BCUT2D eigenvalue weighted by molar-refractivity contribution is 5.80. The monoisotopic (exact) mass is 240 g/mol. The van der Waals surface area contributed by atoms with Crippen molar-refractivity contribution in [1.29, 1.82) is 0 Å². The van der Waals surface area contributed by atoms with Gasteiger partial charge in [-0.3, -0.25) is 9.69 Å². The molecule has 4 nitrogen and oxygen atoms in total. The van der Waals surface area contributed by atoms with Crippen LogP contribution in [-0.4, -0.2) is 42.1 Å². The number of carbonyl (C=O) groups excluding carboxylic acids is 1. The Hall–Kier alpha value is -0.610. The third-order valence-corrected chi connectivity index (χ3v) is 4.43. The number of nitrogens with zero attached hydrogens (tertiary/aromatic N) is 1. The number of ether oxygens (including phenoxy) is 1. The zero-order valence-corrected chi connectivity index (χ0v) is 10.9. The number of esters is 1. The second-order valence-electron chi connectivity index (χ2n) is 5.63. The van der Waals surface area contributed by atoms with E-state index in [4.69, 9.17) is 10.5 Å². The van der Waals surface area contributed by atoms with Crippen LogP contribution in [0.5, 0.6) is 0 Å². The van der Waals surface area contributed by atoms with Crippen molar-refractivity contribution in [1.82, 2.24) is 4.90 Å². The van der Waals surface area contributed by atoms with Crippen molar-refractivity contribution >= 4 is 5.97 Å². The van der Waals surface area contributed by atoms with Gasteiger partial charge in [0.15, 0.2) is 0 Å². The lowest BCUT2D eigenvalue weighted by atomic mass is 9.79. The highest BCUT2D eigenvalue weighted by Crippen LogP contribution is 2.33. The smallest absolute Gasteiger partial charge is 0.325 e. The van der Waals surface area contributed by atoms with Gasteiger partial charge in [-0.25, -0.2) is 0 Å². The molecule has 1 aliphatic heterocycles. The summed E-state index contributed by atoms with van der Waals surface area (Å²) in [5, 5.41) is 0. The van der Waals surface area contributed by atoms with E-state index in [-0.39, 0.29) is 5.97 Å². The first-order chi connectivity index (χ1) is 8.07. The summed E-state index contributed by atoms with van der Waals surface area (Å²) in [6.45, 7) is 3.43. The SMILES string of the molecule is COC(=O)C1(N)CCCC(N2CCCC2C)C1. The Morgan fingerprint density at radius 1 is 1.41 bits per heavy atom. The summed E-state index contributed by atoms with van der Waals surface area (Å²) in [5.74, 6) is -0.242. The molecule has 17 heavy (non-hydrogen) atoms. The molecule has 0 radical (unpaired) electrons. The van der Waals surface area contributed by atoms with Gasteiger partial charge in [0.25, 0.3) is 0 Å². The first-order valence-electron chi connectivity index (χ1n) is 6.70. The lowest BCUT2D eigenvalue weighted by molar-refractivity contribution is -0.149. The summed E-state index contributed by atoms with van der Waals surface area (Å²) in [5.41, 5.74) is 5.47. The Kier molecular flexibility index (Phi) is 3.73. The lowest BCUT2D eigenvalue weighted by Crippen LogP contribution is -2.56. The van der Waals surface area contributed by atoms with E-state index in [2.05, 4.69) is 11.8 Å². The number of likely N-dealkylation sites (tertiary alicyclic amines) is 1. The predicted octanol–water partition coefficient (Wildman–Crippen LogP) is 1.28. The molecule has 2 rings (SSSR count). The van der Waals surface area contributed by atoms with Gasteiger partial charge in [0.1, 0.15) is 5.54 Å². The van der Waals surface area contributed by atoms with E-state index in [1.807, 2.05) is 0 Å². The fraction of sp³-hybridized carbons (Fsp3) is 0.923. The molecule has 0 bridgehead atoms. The van der Waals surface area contributed by atoms with E-state index < -0.39 is 5.54 Å². The van der Waals surface area contributed by atoms with E-state index in [1.165, 1.54) is 26.4 Å². The van der Waals surface area contributed by atoms with Crippen LogP contribution in [0.15, 0.2) is 0 Å². The average molecular weight is 240 g/mol. The summed E-state index contributed by atoms with van der Waals surface area (Å²) in [7, 11) is 1.43. The van der Waals surface area contributed by atoms with Crippen LogP contribution in [0.2, 0.25) is 0 Å². The Bertz CT molecular complexity index is 295. The molecule has 0 spiro atoms. The van der Waals surface area contributed by atoms with Crippen molar-refractivity contribution < 1.29 is 9.53 Å². The maximum Gasteiger partial charge on any atom is 0.325 e. The first kappa shape index (κ1) is 12.8. The molecule has 0 aromatic rings. The van der Waals surface area contributed by atoms with Crippen molar-refractivity contribution in [2.75, 3.05) is 13.7 Å². The molecule has 1 saturated carbocycles. The van der Waals surface area contributed by atoms with Gasteiger partial charge >= 0.3 is 5.97 Å². The molecule has 0 aromatic carbocycles. The summed E-state index contributed by atoms with van der Waals surface area (Å²) < 4.78 is 4.85. The van der Waals surface area contributed by atoms with Crippen molar-refractivity contribution in [2.45, 2.75) is 63.1 Å². The van der Waals surface area contributed by atoms with Gasteiger partial charge in [-0.15, -0.1) is 0 Å². The van der Waals surface area contributed by atoms with E-state index in [0.29, 0.717) is 12.1 Å². The topological polar surface area (TPSA) is 55.6 Å². The molecule has 2 aliphatic rings. The highest BCUT2D eigenvalue weighted by atomic mass is 16.5. The van der Waals surface area contributed by atoms with Crippen LogP contribution in [0.1, 0.15) is 45.4 Å². The predicted molar refractivity (Wildman–Crippen MR) is 66.6 cm³/mol. The van der Waals surface area contributed by atoms with E-state index in [0.717, 1.165) is 25.8 Å². The van der Waals surface area contributed by atoms with Crippen LogP contribution in [0.3, 0.4) is 0 Å². The zero-order valence-electron chi connectivity index (χ0n) is 10.9. The third kappa shape index (κ3) is 2.47. The molecule has 3 atom stereocenters. The Morgan fingerprint density at radius 2 is 2.18 bits per heavy atom. The second-order valence-corrected chi connectivity index (χ2v) is 5.63. The van der Waals surface area contributed by atoms with Crippen molar-refractivity contribution in [3.8, 4) is 0 Å². The van der Waals surface area contributed by atoms with E-state index >= 15 is 0 Å².